The van der Waals surface area contributed by atoms with Crippen LogP contribution in [0.1, 0.15) is 37.6 Å². The molecule has 0 aliphatic carbocycles. The van der Waals surface area contributed by atoms with E-state index < -0.39 is 0 Å². The molecule has 122 valence electrons. The van der Waals surface area contributed by atoms with Crippen LogP contribution >= 0.6 is 0 Å². The van der Waals surface area contributed by atoms with E-state index in [1.54, 1.807) is 0 Å². The topological polar surface area (TPSA) is 28.5 Å². The van der Waals surface area contributed by atoms with E-state index in [1.807, 2.05) is 22.6 Å². The number of likely N-dealkylation sites (N-methyl/N-ethyl adjacent to an activating group) is 1. The van der Waals surface area contributed by atoms with Crippen LogP contribution in [0.2, 0.25) is 0 Å². The van der Waals surface area contributed by atoms with Crippen molar-refractivity contribution in [3.63, 3.8) is 0 Å². The number of rotatable bonds is 3. The highest BCUT2D eigenvalue weighted by atomic mass is 16.2. The van der Waals surface area contributed by atoms with Gasteiger partial charge in [-0.15, -0.1) is 0 Å². The fraction of sp³-hybridized carbons (Fsp3) is 0.526. The van der Waals surface area contributed by atoms with Crippen LogP contribution in [-0.2, 0) is 6.42 Å². The van der Waals surface area contributed by atoms with Gasteiger partial charge in [-0.2, -0.15) is 0 Å². The minimum Gasteiger partial charge on any atom is -0.325 e. The van der Waals surface area contributed by atoms with Crippen molar-refractivity contribution in [2.45, 2.75) is 32.7 Å². The van der Waals surface area contributed by atoms with Gasteiger partial charge in [0.25, 0.3) is 0 Å². The predicted octanol–water partition coefficient (Wildman–Crippen LogP) is 3.50. The minimum absolute atomic E-state index is 0.115. The van der Waals surface area contributed by atoms with Gasteiger partial charge in [0.2, 0.25) is 0 Å². The summed E-state index contributed by atoms with van der Waals surface area (Å²) in [7, 11) is 1.93. The molecule has 0 fully saturated rings. The monoisotopic (exact) mass is 311 g/mol. The Hall–Kier alpha value is -1.81. The molecule has 0 saturated carbocycles. The van der Waals surface area contributed by atoms with Crippen molar-refractivity contribution in [1.82, 2.24) is 14.4 Å². The predicted molar refractivity (Wildman–Crippen MR) is 92.8 cm³/mol. The molecule has 0 saturated heterocycles. The average molecular weight is 311 g/mol. The van der Waals surface area contributed by atoms with Crippen LogP contribution in [0.4, 0.5) is 4.79 Å². The molecule has 1 unspecified atom stereocenters. The second-order valence-electron chi connectivity index (χ2n) is 7.36. The lowest BCUT2D eigenvalue weighted by molar-refractivity contribution is 0.120. The molecular weight excluding hydrogens is 286 g/mol. The maximum absolute atomic E-state index is 12.8. The maximum Gasteiger partial charge on any atom is 0.328 e. The average Bonchev–Trinajstić information content (AvgIpc) is 2.87. The summed E-state index contributed by atoms with van der Waals surface area (Å²) >= 11 is 0. The van der Waals surface area contributed by atoms with E-state index in [2.05, 4.69) is 36.9 Å². The molecule has 2 aromatic rings. The van der Waals surface area contributed by atoms with Crippen LogP contribution in [0, 0.1) is 5.92 Å². The van der Waals surface area contributed by atoms with Gasteiger partial charge in [0.05, 0.1) is 17.3 Å². The van der Waals surface area contributed by atoms with Gasteiger partial charge >= 0.3 is 6.03 Å². The van der Waals surface area contributed by atoms with Crippen LogP contribution in [0.15, 0.2) is 24.3 Å². The number of amides is 1. The first-order chi connectivity index (χ1) is 11.1. The number of hydrogen-bond donors (Lipinski definition) is 0. The lowest BCUT2D eigenvalue weighted by Crippen LogP contribution is -2.49. The maximum atomic E-state index is 12.8. The molecule has 4 rings (SSSR count). The van der Waals surface area contributed by atoms with Gasteiger partial charge in [0.15, 0.2) is 0 Å². The van der Waals surface area contributed by atoms with E-state index in [-0.39, 0.29) is 6.03 Å². The van der Waals surface area contributed by atoms with Crippen LogP contribution in [0.25, 0.3) is 10.9 Å². The van der Waals surface area contributed by atoms with Gasteiger partial charge in [0.1, 0.15) is 0 Å². The Bertz CT molecular complexity index is 761. The highest BCUT2D eigenvalue weighted by Crippen LogP contribution is 2.40. The summed E-state index contributed by atoms with van der Waals surface area (Å²) in [6.45, 7) is 7.58. The third-order valence-corrected chi connectivity index (χ3v) is 5.38. The summed E-state index contributed by atoms with van der Waals surface area (Å²) < 4.78 is 1.97. The van der Waals surface area contributed by atoms with Crippen molar-refractivity contribution < 1.29 is 4.79 Å². The molecule has 4 heteroatoms. The summed E-state index contributed by atoms with van der Waals surface area (Å²) in [4.78, 5) is 17.2. The fourth-order valence-corrected chi connectivity index (χ4v) is 4.13. The molecule has 0 spiro atoms. The number of carbonyl (C=O) groups excluding carboxylic acids is 1. The summed E-state index contributed by atoms with van der Waals surface area (Å²) in [5, 5.41) is 1.26. The number of benzene rings is 1. The normalized spacial score (nSPS) is 21.3. The molecule has 0 N–H and O–H groups in total. The fourth-order valence-electron chi connectivity index (χ4n) is 4.13. The molecule has 1 amide bonds. The Labute approximate surface area is 137 Å². The van der Waals surface area contributed by atoms with Crippen LogP contribution < -0.4 is 0 Å². The number of aromatic nitrogens is 1. The lowest BCUT2D eigenvalue weighted by Gasteiger charge is -2.42. The van der Waals surface area contributed by atoms with Crippen molar-refractivity contribution in [3.8, 4) is 0 Å². The van der Waals surface area contributed by atoms with E-state index in [9.17, 15) is 4.79 Å². The van der Waals surface area contributed by atoms with Gasteiger partial charge in [-0.25, -0.2) is 4.79 Å². The molecule has 0 bridgehead atoms. The summed E-state index contributed by atoms with van der Waals surface area (Å²) in [6, 6.07) is 8.82. The second-order valence-corrected chi connectivity index (χ2v) is 7.36. The van der Waals surface area contributed by atoms with Gasteiger partial charge in [0, 0.05) is 25.5 Å². The zero-order valence-corrected chi connectivity index (χ0v) is 14.2. The molecule has 2 aliphatic heterocycles. The Morgan fingerprint density at radius 2 is 2.04 bits per heavy atom. The molecule has 1 aromatic heterocycles. The third kappa shape index (κ3) is 2.19. The standard InChI is InChI=1S/C19H25N3O/c1-13(2)8-10-21-11-9-15-14-6-4-5-7-16(14)22-18(15)17(21)12-20(3)19(22)23/h4-7,13,17H,8-12H2,1-3H3. The number of para-hydroxylation sites is 1. The van der Waals surface area contributed by atoms with E-state index in [0.717, 1.165) is 31.6 Å². The molecule has 2 aliphatic rings. The highest BCUT2D eigenvalue weighted by Gasteiger charge is 2.39. The minimum atomic E-state index is 0.115. The molecule has 1 atom stereocenters. The van der Waals surface area contributed by atoms with Gasteiger partial charge in [-0.3, -0.25) is 9.47 Å². The largest absolute Gasteiger partial charge is 0.328 e. The first-order valence-corrected chi connectivity index (χ1v) is 8.69. The zero-order chi connectivity index (χ0) is 16.1. The van der Waals surface area contributed by atoms with E-state index in [1.165, 1.54) is 23.1 Å². The molecule has 4 nitrogen and oxygen atoms in total. The lowest BCUT2D eigenvalue weighted by atomic mass is 9.95. The number of hydrogen-bond acceptors (Lipinski definition) is 2. The van der Waals surface area contributed by atoms with Crippen molar-refractivity contribution in [2.24, 2.45) is 5.92 Å². The van der Waals surface area contributed by atoms with E-state index in [4.69, 9.17) is 0 Å². The van der Waals surface area contributed by atoms with E-state index >= 15 is 0 Å². The second kappa shape index (κ2) is 5.38. The quantitative estimate of drug-likeness (QED) is 0.868. The number of nitrogens with zero attached hydrogens (tertiary/aromatic N) is 3. The van der Waals surface area contributed by atoms with Crippen molar-refractivity contribution in [1.29, 1.82) is 0 Å². The number of fused-ring (bicyclic) bond motifs is 3. The Morgan fingerprint density at radius 1 is 1.26 bits per heavy atom. The van der Waals surface area contributed by atoms with Crippen LogP contribution in [0.3, 0.4) is 0 Å². The third-order valence-electron chi connectivity index (χ3n) is 5.38. The summed E-state index contributed by atoms with van der Waals surface area (Å²) in [5.41, 5.74) is 3.72. The van der Waals surface area contributed by atoms with Gasteiger partial charge in [-0.1, -0.05) is 32.0 Å². The summed E-state index contributed by atoms with van der Waals surface area (Å²) in [5.74, 6) is 0.713. The van der Waals surface area contributed by atoms with E-state index in [0.29, 0.717) is 12.0 Å². The molecule has 0 radical (unpaired) electrons. The van der Waals surface area contributed by atoms with Crippen molar-refractivity contribution in [2.75, 3.05) is 26.7 Å². The van der Waals surface area contributed by atoms with Crippen LogP contribution in [-0.4, -0.2) is 47.1 Å². The molecule has 1 aromatic carbocycles. The Kier molecular flexibility index (Phi) is 3.45. The first kappa shape index (κ1) is 14.8. The van der Waals surface area contributed by atoms with Gasteiger partial charge in [-0.05, 0) is 36.9 Å². The van der Waals surface area contributed by atoms with Crippen molar-refractivity contribution in [3.05, 3.63) is 35.5 Å². The Balaban J connectivity index is 1.84. The molecule has 3 heterocycles. The van der Waals surface area contributed by atoms with Crippen molar-refractivity contribution >= 4 is 16.9 Å². The molecule has 23 heavy (non-hydrogen) atoms. The Morgan fingerprint density at radius 3 is 2.83 bits per heavy atom. The first-order valence-electron chi connectivity index (χ1n) is 8.69. The summed E-state index contributed by atoms with van der Waals surface area (Å²) in [6.07, 6.45) is 2.26. The zero-order valence-electron chi connectivity index (χ0n) is 14.2. The smallest absolute Gasteiger partial charge is 0.325 e. The SMILES string of the molecule is CC(C)CCN1CCc2c3n(c4ccccc24)C(=O)N(C)CC31. The van der Waals surface area contributed by atoms with Crippen LogP contribution in [0.5, 0.6) is 0 Å². The van der Waals surface area contributed by atoms with Gasteiger partial charge < -0.3 is 4.90 Å². The highest BCUT2D eigenvalue weighted by molar-refractivity contribution is 5.96. The number of carbonyl (C=O) groups is 1. The molecular formula is C19H25N3O.